The van der Waals surface area contributed by atoms with Crippen molar-refractivity contribution in [1.82, 2.24) is 9.80 Å². The van der Waals surface area contributed by atoms with Crippen molar-refractivity contribution in [2.75, 3.05) is 19.6 Å². The Morgan fingerprint density at radius 1 is 0.923 bits per heavy atom. The van der Waals surface area contributed by atoms with E-state index in [9.17, 15) is 14.4 Å². The van der Waals surface area contributed by atoms with E-state index in [0.29, 0.717) is 37.2 Å². The van der Waals surface area contributed by atoms with Gasteiger partial charge in [0.25, 0.3) is 11.8 Å². The van der Waals surface area contributed by atoms with Crippen molar-refractivity contribution in [1.29, 1.82) is 0 Å². The second-order valence-corrected chi connectivity index (χ2v) is 6.19. The van der Waals surface area contributed by atoms with E-state index in [1.165, 1.54) is 0 Å². The standard InChI is InChI=1S/C20H21N3O3/c21-11-6-12-22(13-15-7-2-1-3-8-15)18(24)14-23-19(25)16-9-4-5-10-17(16)20(23)26/h1-5,7-10H,6,11-14,21H2. The molecule has 0 aliphatic carbocycles. The molecule has 134 valence electrons. The molecule has 2 N–H and O–H groups in total. The van der Waals surface area contributed by atoms with Gasteiger partial charge in [-0.05, 0) is 30.7 Å². The summed E-state index contributed by atoms with van der Waals surface area (Å²) in [4.78, 5) is 40.4. The predicted octanol–water partition coefficient (Wildman–Crippen LogP) is 1.66. The molecule has 26 heavy (non-hydrogen) atoms. The summed E-state index contributed by atoms with van der Waals surface area (Å²) in [5.74, 6) is -1.10. The molecule has 0 saturated carbocycles. The summed E-state index contributed by atoms with van der Waals surface area (Å²) >= 11 is 0. The molecule has 3 rings (SSSR count). The largest absolute Gasteiger partial charge is 0.337 e. The molecule has 1 aliphatic heterocycles. The summed E-state index contributed by atoms with van der Waals surface area (Å²) in [5, 5.41) is 0. The lowest BCUT2D eigenvalue weighted by Gasteiger charge is -2.25. The first-order valence-electron chi connectivity index (χ1n) is 8.59. The number of benzene rings is 2. The predicted molar refractivity (Wildman–Crippen MR) is 97.3 cm³/mol. The zero-order valence-corrected chi connectivity index (χ0v) is 14.4. The average molecular weight is 351 g/mol. The van der Waals surface area contributed by atoms with Gasteiger partial charge >= 0.3 is 0 Å². The van der Waals surface area contributed by atoms with Gasteiger partial charge in [-0.1, -0.05) is 42.5 Å². The zero-order chi connectivity index (χ0) is 18.5. The number of hydrogen-bond acceptors (Lipinski definition) is 4. The van der Waals surface area contributed by atoms with Crippen molar-refractivity contribution in [3.63, 3.8) is 0 Å². The van der Waals surface area contributed by atoms with E-state index in [4.69, 9.17) is 5.73 Å². The number of hydrogen-bond donors (Lipinski definition) is 1. The fourth-order valence-electron chi connectivity index (χ4n) is 3.00. The third-order valence-corrected chi connectivity index (χ3v) is 4.37. The monoisotopic (exact) mass is 351 g/mol. The average Bonchev–Trinajstić information content (AvgIpc) is 2.91. The van der Waals surface area contributed by atoms with Gasteiger partial charge in [0.15, 0.2) is 0 Å². The normalized spacial score (nSPS) is 13.0. The molecule has 3 amide bonds. The van der Waals surface area contributed by atoms with Crippen LogP contribution in [0, 0.1) is 0 Å². The minimum atomic E-state index is -0.419. The number of imide groups is 1. The molecule has 2 aromatic rings. The first kappa shape index (κ1) is 17.8. The molecule has 0 radical (unpaired) electrons. The van der Waals surface area contributed by atoms with Gasteiger partial charge in [-0.3, -0.25) is 19.3 Å². The molecule has 0 fully saturated rings. The maximum Gasteiger partial charge on any atom is 0.262 e. The van der Waals surface area contributed by atoms with Crippen molar-refractivity contribution < 1.29 is 14.4 Å². The van der Waals surface area contributed by atoms with Crippen LogP contribution in [0.4, 0.5) is 0 Å². The smallest absolute Gasteiger partial charge is 0.262 e. The van der Waals surface area contributed by atoms with Crippen LogP contribution in [0.1, 0.15) is 32.7 Å². The molecule has 1 aliphatic rings. The van der Waals surface area contributed by atoms with Gasteiger partial charge < -0.3 is 10.6 Å². The number of rotatable bonds is 7. The topological polar surface area (TPSA) is 83.7 Å². The fraction of sp³-hybridized carbons (Fsp3) is 0.250. The number of nitrogens with zero attached hydrogens (tertiary/aromatic N) is 2. The molecular formula is C20H21N3O3. The van der Waals surface area contributed by atoms with Gasteiger partial charge in [-0.2, -0.15) is 0 Å². The molecule has 0 atom stereocenters. The highest BCUT2D eigenvalue weighted by Crippen LogP contribution is 2.22. The highest BCUT2D eigenvalue weighted by Gasteiger charge is 2.36. The maximum absolute atomic E-state index is 12.8. The van der Waals surface area contributed by atoms with Gasteiger partial charge in [0.05, 0.1) is 11.1 Å². The number of amides is 3. The molecule has 0 saturated heterocycles. The van der Waals surface area contributed by atoms with Crippen LogP contribution in [-0.2, 0) is 11.3 Å². The van der Waals surface area contributed by atoms with Crippen LogP contribution in [0.5, 0.6) is 0 Å². The first-order chi connectivity index (χ1) is 12.6. The number of nitrogens with two attached hydrogens (primary N) is 1. The Kier molecular flexibility index (Phi) is 5.43. The van der Waals surface area contributed by atoms with Gasteiger partial charge in [-0.15, -0.1) is 0 Å². The van der Waals surface area contributed by atoms with E-state index >= 15 is 0 Å². The third kappa shape index (κ3) is 3.65. The molecule has 1 heterocycles. The third-order valence-electron chi connectivity index (χ3n) is 4.37. The Hall–Kier alpha value is -2.99. The highest BCUT2D eigenvalue weighted by atomic mass is 16.2. The van der Waals surface area contributed by atoms with E-state index in [1.807, 2.05) is 30.3 Å². The van der Waals surface area contributed by atoms with Crippen molar-refractivity contribution in [2.24, 2.45) is 5.73 Å². The SMILES string of the molecule is NCCCN(Cc1ccccc1)C(=O)CN1C(=O)c2ccccc2C1=O. The molecule has 0 bridgehead atoms. The second kappa shape index (κ2) is 7.93. The van der Waals surface area contributed by atoms with Crippen molar-refractivity contribution in [2.45, 2.75) is 13.0 Å². The van der Waals surface area contributed by atoms with E-state index < -0.39 is 11.8 Å². The lowest BCUT2D eigenvalue weighted by Crippen LogP contribution is -2.43. The fourth-order valence-corrected chi connectivity index (χ4v) is 3.00. The van der Waals surface area contributed by atoms with Crippen LogP contribution in [-0.4, -0.2) is 47.2 Å². The summed E-state index contributed by atoms with van der Waals surface area (Å²) in [6.07, 6.45) is 0.653. The Labute approximate surface area is 152 Å². The minimum Gasteiger partial charge on any atom is -0.337 e. The summed E-state index contributed by atoms with van der Waals surface area (Å²) in [6, 6.07) is 16.2. The lowest BCUT2D eigenvalue weighted by atomic mass is 10.1. The Balaban J connectivity index is 1.73. The van der Waals surface area contributed by atoms with Crippen molar-refractivity contribution >= 4 is 17.7 Å². The Bertz CT molecular complexity index is 785. The van der Waals surface area contributed by atoms with Crippen LogP contribution in [0.2, 0.25) is 0 Å². The van der Waals surface area contributed by atoms with Gasteiger partial charge in [0.2, 0.25) is 5.91 Å². The lowest BCUT2D eigenvalue weighted by molar-refractivity contribution is -0.132. The molecule has 6 heteroatoms. The quantitative estimate of drug-likeness (QED) is 0.769. The van der Waals surface area contributed by atoms with Crippen LogP contribution in [0.3, 0.4) is 0 Å². The second-order valence-electron chi connectivity index (χ2n) is 6.19. The Morgan fingerprint density at radius 2 is 1.50 bits per heavy atom. The van der Waals surface area contributed by atoms with E-state index in [1.54, 1.807) is 29.2 Å². The van der Waals surface area contributed by atoms with E-state index in [0.717, 1.165) is 10.5 Å². The molecular weight excluding hydrogens is 330 g/mol. The molecule has 0 aromatic heterocycles. The molecule has 2 aromatic carbocycles. The molecule has 0 spiro atoms. The number of carbonyl (C=O) groups is 3. The van der Waals surface area contributed by atoms with Crippen molar-refractivity contribution in [3.8, 4) is 0 Å². The summed E-state index contributed by atoms with van der Waals surface area (Å²) < 4.78 is 0. The maximum atomic E-state index is 12.8. The molecule has 0 unspecified atom stereocenters. The van der Waals surface area contributed by atoms with Gasteiger partial charge in [0, 0.05) is 13.1 Å². The summed E-state index contributed by atoms with van der Waals surface area (Å²) in [7, 11) is 0. The van der Waals surface area contributed by atoms with Gasteiger partial charge in [0.1, 0.15) is 6.54 Å². The van der Waals surface area contributed by atoms with Gasteiger partial charge in [-0.25, -0.2) is 0 Å². The number of carbonyl (C=O) groups excluding carboxylic acids is 3. The highest BCUT2D eigenvalue weighted by molar-refractivity contribution is 6.22. The van der Waals surface area contributed by atoms with E-state index in [2.05, 4.69) is 0 Å². The van der Waals surface area contributed by atoms with Crippen molar-refractivity contribution in [3.05, 3.63) is 71.3 Å². The molecule has 6 nitrogen and oxygen atoms in total. The van der Waals surface area contributed by atoms with Crippen LogP contribution in [0.25, 0.3) is 0 Å². The Morgan fingerprint density at radius 3 is 2.08 bits per heavy atom. The zero-order valence-electron chi connectivity index (χ0n) is 14.4. The first-order valence-corrected chi connectivity index (χ1v) is 8.59. The van der Waals surface area contributed by atoms with Crippen LogP contribution < -0.4 is 5.73 Å². The minimum absolute atomic E-state index is 0.260. The van der Waals surface area contributed by atoms with Crippen LogP contribution >= 0.6 is 0 Å². The number of fused-ring (bicyclic) bond motifs is 1. The summed E-state index contributed by atoms with van der Waals surface area (Å²) in [5.41, 5.74) is 7.26. The summed E-state index contributed by atoms with van der Waals surface area (Å²) in [6.45, 7) is 1.10. The van der Waals surface area contributed by atoms with E-state index in [-0.39, 0.29) is 12.5 Å². The van der Waals surface area contributed by atoms with Crippen LogP contribution in [0.15, 0.2) is 54.6 Å².